The second-order valence-electron chi connectivity index (χ2n) is 7.09. The summed E-state index contributed by atoms with van der Waals surface area (Å²) in [6.07, 6.45) is 4.39. The van der Waals surface area contributed by atoms with Gasteiger partial charge in [-0.25, -0.2) is 0 Å². The van der Waals surface area contributed by atoms with Gasteiger partial charge < -0.3 is 5.32 Å². The molecule has 1 atom stereocenters. The van der Waals surface area contributed by atoms with Crippen LogP contribution in [-0.2, 0) is 4.79 Å². The van der Waals surface area contributed by atoms with Gasteiger partial charge in [-0.2, -0.15) is 0 Å². The molecule has 4 nitrogen and oxygen atoms in total. The van der Waals surface area contributed by atoms with Gasteiger partial charge in [-0.3, -0.25) is 14.6 Å². The van der Waals surface area contributed by atoms with Gasteiger partial charge in [0.05, 0.1) is 12.6 Å². The van der Waals surface area contributed by atoms with Crippen molar-refractivity contribution in [1.29, 1.82) is 0 Å². The first-order chi connectivity index (χ1) is 13.2. The fraction of sp³-hybridized carbons (Fsp3) is 0.348. The van der Waals surface area contributed by atoms with Gasteiger partial charge in [-0.1, -0.05) is 72.8 Å². The second-order valence-corrected chi connectivity index (χ2v) is 7.09. The standard InChI is InChI=1S/C23H29N3O/c1-20(22-12-6-3-7-13-22)24-23(27)19-26-17-15-25(16-18-26)14-8-11-21-9-4-2-5-10-21/h2-13,20H,14-19H2,1H3,(H,24,27)/b11-8+/t20-/m0/s1. The molecule has 0 spiro atoms. The average Bonchev–Trinajstić information content (AvgIpc) is 2.71. The van der Waals surface area contributed by atoms with E-state index in [4.69, 9.17) is 0 Å². The Balaban J connectivity index is 1.36. The summed E-state index contributed by atoms with van der Waals surface area (Å²) >= 11 is 0. The van der Waals surface area contributed by atoms with E-state index < -0.39 is 0 Å². The predicted octanol–water partition coefficient (Wildman–Crippen LogP) is 3.19. The number of hydrogen-bond donors (Lipinski definition) is 1. The lowest BCUT2D eigenvalue weighted by atomic mass is 10.1. The molecule has 1 fully saturated rings. The zero-order valence-electron chi connectivity index (χ0n) is 16.1. The molecule has 142 valence electrons. The van der Waals surface area contributed by atoms with Crippen LogP contribution in [0, 0.1) is 0 Å². The number of nitrogens with one attached hydrogen (secondary N) is 1. The van der Waals surface area contributed by atoms with Crippen LogP contribution in [0.25, 0.3) is 6.08 Å². The molecule has 0 radical (unpaired) electrons. The monoisotopic (exact) mass is 363 g/mol. The summed E-state index contributed by atoms with van der Waals surface area (Å²) in [7, 11) is 0. The third-order valence-corrected chi connectivity index (χ3v) is 4.98. The molecular formula is C23H29N3O. The Morgan fingerprint density at radius 2 is 1.56 bits per heavy atom. The normalized spacial score (nSPS) is 17.1. The highest BCUT2D eigenvalue weighted by molar-refractivity contribution is 5.78. The maximum absolute atomic E-state index is 12.3. The van der Waals surface area contributed by atoms with Gasteiger partial charge >= 0.3 is 0 Å². The fourth-order valence-corrected chi connectivity index (χ4v) is 3.35. The summed E-state index contributed by atoms with van der Waals surface area (Å²) < 4.78 is 0. The molecule has 1 amide bonds. The molecule has 0 unspecified atom stereocenters. The van der Waals surface area contributed by atoms with Crippen LogP contribution >= 0.6 is 0 Å². The van der Waals surface area contributed by atoms with Gasteiger partial charge in [-0.15, -0.1) is 0 Å². The summed E-state index contributed by atoms with van der Waals surface area (Å²) in [5.41, 5.74) is 2.38. The number of piperazine rings is 1. The Labute approximate surface area is 162 Å². The van der Waals surface area contributed by atoms with Gasteiger partial charge in [0.2, 0.25) is 5.91 Å². The molecule has 4 heteroatoms. The Bertz CT molecular complexity index is 722. The Morgan fingerprint density at radius 3 is 2.22 bits per heavy atom. The van der Waals surface area contributed by atoms with Crippen molar-refractivity contribution in [3.63, 3.8) is 0 Å². The molecule has 1 saturated heterocycles. The summed E-state index contributed by atoms with van der Waals surface area (Å²) in [4.78, 5) is 17.0. The molecule has 0 saturated carbocycles. The minimum atomic E-state index is 0.0445. The van der Waals surface area contributed by atoms with Crippen molar-refractivity contribution in [2.45, 2.75) is 13.0 Å². The van der Waals surface area contributed by atoms with E-state index in [2.05, 4.69) is 51.5 Å². The molecule has 27 heavy (non-hydrogen) atoms. The number of amides is 1. The number of benzene rings is 2. The number of carbonyl (C=O) groups excluding carboxylic acids is 1. The lowest BCUT2D eigenvalue weighted by Crippen LogP contribution is -2.49. The molecule has 1 heterocycles. The van der Waals surface area contributed by atoms with Gasteiger partial charge in [0.1, 0.15) is 0 Å². The van der Waals surface area contributed by atoms with Crippen LogP contribution < -0.4 is 5.32 Å². The highest BCUT2D eigenvalue weighted by atomic mass is 16.2. The highest BCUT2D eigenvalue weighted by Gasteiger charge is 2.19. The van der Waals surface area contributed by atoms with E-state index in [9.17, 15) is 4.79 Å². The van der Waals surface area contributed by atoms with E-state index in [1.807, 2.05) is 43.3 Å². The number of nitrogens with zero attached hydrogens (tertiary/aromatic N) is 2. The first-order valence-corrected chi connectivity index (χ1v) is 9.71. The Hall–Kier alpha value is -2.43. The molecule has 2 aromatic rings. The van der Waals surface area contributed by atoms with Gasteiger partial charge in [0.15, 0.2) is 0 Å². The number of hydrogen-bond acceptors (Lipinski definition) is 3. The van der Waals surface area contributed by atoms with Crippen LogP contribution in [-0.4, -0.2) is 55.0 Å². The third kappa shape index (κ3) is 6.35. The summed E-state index contributed by atoms with van der Waals surface area (Å²) in [5.74, 6) is 0.101. The molecular weight excluding hydrogens is 334 g/mol. The zero-order chi connectivity index (χ0) is 18.9. The molecule has 1 aliphatic heterocycles. The molecule has 1 aliphatic rings. The largest absolute Gasteiger partial charge is 0.348 e. The van der Waals surface area contributed by atoms with Crippen molar-refractivity contribution in [2.75, 3.05) is 39.3 Å². The van der Waals surface area contributed by atoms with Crippen LogP contribution in [0.15, 0.2) is 66.7 Å². The highest BCUT2D eigenvalue weighted by Crippen LogP contribution is 2.11. The van der Waals surface area contributed by atoms with Crippen LogP contribution in [0.3, 0.4) is 0 Å². The van der Waals surface area contributed by atoms with E-state index in [0.717, 1.165) is 38.3 Å². The van der Waals surface area contributed by atoms with Gasteiger partial charge in [0.25, 0.3) is 0 Å². The van der Waals surface area contributed by atoms with Crippen LogP contribution in [0.1, 0.15) is 24.1 Å². The molecule has 2 aromatic carbocycles. The van der Waals surface area contributed by atoms with Crippen molar-refractivity contribution in [2.24, 2.45) is 0 Å². The molecule has 3 rings (SSSR count). The van der Waals surface area contributed by atoms with E-state index in [-0.39, 0.29) is 11.9 Å². The zero-order valence-corrected chi connectivity index (χ0v) is 16.1. The third-order valence-electron chi connectivity index (χ3n) is 4.98. The van der Waals surface area contributed by atoms with Crippen molar-refractivity contribution < 1.29 is 4.79 Å². The molecule has 1 N–H and O–H groups in total. The van der Waals surface area contributed by atoms with Crippen LogP contribution in [0.4, 0.5) is 0 Å². The summed E-state index contributed by atoms with van der Waals surface area (Å²) in [5, 5.41) is 3.10. The van der Waals surface area contributed by atoms with Crippen molar-refractivity contribution >= 4 is 12.0 Å². The minimum absolute atomic E-state index is 0.0445. The molecule has 0 aliphatic carbocycles. The average molecular weight is 364 g/mol. The van der Waals surface area contributed by atoms with E-state index in [1.54, 1.807) is 0 Å². The molecule has 0 aromatic heterocycles. The van der Waals surface area contributed by atoms with E-state index in [0.29, 0.717) is 6.54 Å². The van der Waals surface area contributed by atoms with Crippen LogP contribution in [0.2, 0.25) is 0 Å². The minimum Gasteiger partial charge on any atom is -0.348 e. The SMILES string of the molecule is C[C@H](NC(=O)CN1CCN(C/C=C/c2ccccc2)CC1)c1ccccc1. The second kappa shape index (κ2) is 10.0. The lowest BCUT2D eigenvalue weighted by molar-refractivity contribution is -0.123. The van der Waals surface area contributed by atoms with Crippen LogP contribution in [0.5, 0.6) is 0 Å². The van der Waals surface area contributed by atoms with Crippen molar-refractivity contribution in [1.82, 2.24) is 15.1 Å². The van der Waals surface area contributed by atoms with Gasteiger partial charge in [0, 0.05) is 32.7 Å². The maximum atomic E-state index is 12.3. The lowest BCUT2D eigenvalue weighted by Gasteiger charge is -2.33. The Kier molecular flexibility index (Phi) is 7.19. The van der Waals surface area contributed by atoms with Crippen molar-refractivity contribution in [3.05, 3.63) is 77.9 Å². The smallest absolute Gasteiger partial charge is 0.234 e. The molecule has 0 bridgehead atoms. The number of carbonyl (C=O) groups is 1. The summed E-state index contributed by atoms with van der Waals surface area (Å²) in [6, 6.07) is 20.5. The summed E-state index contributed by atoms with van der Waals surface area (Å²) in [6.45, 7) is 7.34. The maximum Gasteiger partial charge on any atom is 0.234 e. The van der Waals surface area contributed by atoms with Crippen molar-refractivity contribution in [3.8, 4) is 0 Å². The van der Waals surface area contributed by atoms with E-state index >= 15 is 0 Å². The first-order valence-electron chi connectivity index (χ1n) is 9.71. The first kappa shape index (κ1) is 19.3. The topological polar surface area (TPSA) is 35.6 Å². The number of rotatable bonds is 7. The Morgan fingerprint density at radius 1 is 0.963 bits per heavy atom. The van der Waals surface area contributed by atoms with Gasteiger partial charge in [-0.05, 0) is 18.1 Å². The quantitative estimate of drug-likeness (QED) is 0.821. The van der Waals surface area contributed by atoms with E-state index in [1.165, 1.54) is 5.56 Å². The fourth-order valence-electron chi connectivity index (χ4n) is 3.35. The predicted molar refractivity (Wildman–Crippen MR) is 111 cm³/mol.